The highest BCUT2D eigenvalue weighted by Gasteiger charge is 2.12. The van der Waals surface area contributed by atoms with Crippen molar-refractivity contribution in [1.29, 1.82) is 0 Å². The van der Waals surface area contributed by atoms with Gasteiger partial charge in [0.1, 0.15) is 11.4 Å². The first-order chi connectivity index (χ1) is 9.99. The molecule has 6 nitrogen and oxygen atoms in total. The normalized spacial score (nSPS) is 12.1. The van der Waals surface area contributed by atoms with Crippen molar-refractivity contribution < 1.29 is 19.4 Å². The maximum atomic E-state index is 12.0. The number of nitrogens with one attached hydrogen (secondary N) is 2. The highest BCUT2D eigenvalue weighted by atomic mass is 16.5. The van der Waals surface area contributed by atoms with Crippen molar-refractivity contribution in [2.24, 2.45) is 5.92 Å². The summed E-state index contributed by atoms with van der Waals surface area (Å²) in [6, 6.07) is 7.25. The monoisotopic (exact) mass is 290 g/mol. The number of aromatic amines is 1. The minimum Gasteiger partial charge on any atom is -0.497 e. The molecule has 0 bridgehead atoms. The minimum atomic E-state index is -0.866. The summed E-state index contributed by atoms with van der Waals surface area (Å²) in [6.07, 6.45) is 0.0319. The van der Waals surface area contributed by atoms with Crippen LogP contribution in [0.3, 0.4) is 0 Å². The molecule has 2 rings (SSSR count). The highest BCUT2D eigenvalue weighted by Crippen LogP contribution is 2.21. The second-order valence-electron chi connectivity index (χ2n) is 5.05. The number of hydrogen-bond donors (Lipinski definition) is 3. The van der Waals surface area contributed by atoms with E-state index in [1.165, 1.54) is 0 Å². The molecular weight excluding hydrogens is 272 g/mol. The lowest BCUT2D eigenvalue weighted by Crippen LogP contribution is -2.29. The molecule has 112 valence electrons. The molecule has 0 saturated heterocycles. The van der Waals surface area contributed by atoms with E-state index in [2.05, 4.69) is 10.3 Å². The Morgan fingerprint density at radius 1 is 1.38 bits per heavy atom. The number of benzene rings is 1. The topological polar surface area (TPSA) is 91.4 Å². The Morgan fingerprint density at radius 2 is 2.14 bits per heavy atom. The molecule has 0 aliphatic rings. The van der Waals surface area contributed by atoms with E-state index in [-0.39, 0.29) is 18.2 Å². The number of amides is 1. The van der Waals surface area contributed by atoms with Gasteiger partial charge < -0.3 is 20.1 Å². The Kier molecular flexibility index (Phi) is 4.47. The van der Waals surface area contributed by atoms with Gasteiger partial charge >= 0.3 is 5.97 Å². The van der Waals surface area contributed by atoms with Crippen LogP contribution in [0.1, 0.15) is 23.8 Å². The molecule has 6 heteroatoms. The second kappa shape index (κ2) is 6.30. The van der Waals surface area contributed by atoms with Crippen LogP contribution in [0.15, 0.2) is 24.3 Å². The Labute approximate surface area is 122 Å². The molecule has 1 amide bonds. The first-order valence-corrected chi connectivity index (χ1v) is 6.66. The summed E-state index contributed by atoms with van der Waals surface area (Å²) in [5, 5.41) is 12.3. The number of carboxylic acids is 1. The lowest BCUT2D eigenvalue weighted by atomic mass is 10.1. The summed E-state index contributed by atoms with van der Waals surface area (Å²) in [4.78, 5) is 25.6. The number of hydrogen-bond acceptors (Lipinski definition) is 3. The Hall–Kier alpha value is -2.50. The molecule has 0 aliphatic heterocycles. The average Bonchev–Trinajstić information content (AvgIpc) is 2.86. The molecule has 3 N–H and O–H groups in total. The van der Waals surface area contributed by atoms with Gasteiger partial charge in [-0.2, -0.15) is 0 Å². The number of aliphatic carboxylic acids is 1. The molecule has 1 heterocycles. The fraction of sp³-hybridized carbons (Fsp3) is 0.333. The average molecular weight is 290 g/mol. The smallest absolute Gasteiger partial charge is 0.303 e. The number of methoxy groups -OCH3 is 1. The summed E-state index contributed by atoms with van der Waals surface area (Å²) in [5.41, 5.74) is 1.29. The van der Waals surface area contributed by atoms with Crippen molar-refractivity contribution in [3.8, 4) is 5.75 Å². The van der Waals surface area contributed by atoms with E-state index < -0.39 is 5.97 Å². The van der Waals surface area contributed by atoms with Crippen molar-refractivity contribution >= 4 is 22.8 Å². The SMILES string of the molecule is COc1ccc2[nH]c(C(=O)NCC(C)CC(=O)O)cc2c1. The fourth-order valence-electron chi connectivity index (χ4n) is 2.09. The molecular formula is C15H18N2O4. The van der Waals surface area contributed by atoms with E-state index >= 15 is 0 Å². The van der Waals surface area contributed by atoms with Crippen LogP contribution in [-0.4, -0.2) is 35.6 Å². The molecule has 0 spiro atoms. The van der Waals surface area contributed by atoms with Gasteiger partial charge in [-0.1, -0.05) is 6.92 Å². The minimum absolute atomic E-state index is 0.0319. The predicted octanol–water partition coefficient (Wildman–Crippen LogP) is 2.02. The summed E-state index contributed by atoms with van der Waals surface area (Å²) >= 11 is 0. The third-order valence-electron chi connectivity index (χ3n) is 3.21. The van der Waals surface area contributed by atoms with E-state index in [0.29, 0.717) is 12.2 Å². The second-order valence-corrected chi connectivity index (χ2v) is 5.05. The fourth-order valence-corrected chi connectivity index (χ4v) is 2.09. The van der Waals surface area contributed by atoms with Crippen LogP contribution in [0, 0.1) is 5.92 Å². The number of carbonyl (C=O) groups excluding carboxylic acids is 1. The third-order valence-corrected chi connectivity index (χ3v) is 3.21. The predicted molar refractivity (Wildman–Crippen MR) is 78.6 cm³/mol. The molecule has 0 radical (unpaired) electrons. The molecule has 0 saturated carbocycles. The number of rotatable bonds is 6. The van der Waals surface area contributed by atoms with E-state index in [0.717, 1.165) is 16.7 Å². The van der Waals surface area contributed by atoms with Crippen LogP contribution in [0.2, 0.25) is 0 Å². The zero-order chi connectivity index (χ0) is 15.4. The molecule has 0 aliphatic carbocycles. The Balaban J connectivity index is 2.04. The first kappa shape index (κ1) is 14.9. The van der Waals surface area contributed by atoms with Crippen molar-refractivity contribution in [3.63, 3.8) is 0 Å². The number of H-pyrrole nitrogens is 1. The van der Waals surface area contributed by atoms with Crippen LogP contribution in [0.5, 0.6) is 5.75 Å². The van der Waals surface area contributed by atoms with Gasteiger partial charge in [-0.15, -0.1) is 0 Å². The van der Waals surface area contributed by atoms with Gasteiger partial charge in [-0.3, -0.25) is 9.59 Å². The largest absolute Gasteiger partial charge is 0.497 e. The van der Waals surface area contributed by atoms with Crippen LogP contribution in [0.25, 0.3) is 10.9 Å². The van der Waals surface area contributed by atoms with Gasteiger partial charge in [0.25, 0.3) is 5.91 Å². The van der Waals surface area contributed by atoms with Gasteiger partial charge in [-0.25, -0.2) is 0 Å². The van der Waals surface area contributed by atoms with E-state index in [1.54, 1.807) is 20.1 Å². The van der Waals surface area contributed by atoms with Gasteiger partial charge in [0.2, 0.25) is 0 Å². The molecule has 21 heavy (non-hydrogen) atoms. The molecule has 1 aromatic carbocycles. The summed E-state index contributed by atoms with van der Waals surface area (Å²) in [5.74, 6) is -0.503. The molecule has 1 aromatic heterocycles. The highest BCUT2D eigenvalue weighted by molar-refractivity contribution is 5.98. The number of aromatic nitrogens is 1. The van der Waals surface area contributed by atoms with E-state index in [4.69, 9.17) is 9.84 Å². The van der Waals surface area contributed by atoms with E-state index in [1.807, 2.05) is 18.2 Å². The van der Waals surface area contributed by atoms with Gasteiger partial charge in [-0.05, 0) is 30.2 Å². The van der Waals surface area contributed by atoms with Crippen LogP contribution in [0.4, 0.5) is 0 Å². The lowest BCUT2D eigenvalue weighted by Gasteiger charge is -2.09. The van der Waals surface area contributed by atoms with Crippen LogP contribution >= 0.6 is 0 Å². The van der Waals surface area contributed by atoms with Gasteiger partial charge in [0.05, 0.1) is 7.11 Å². The van der Waals surface area contributed by atoms with Crippen molar-refractivity contribution in [2.75, 3.05) is 13.7 Å². The first-order valence-electron chi connectivity index (χ1n) is 6.66. The van der Waals surface area contributed by atoms with E-state index in [9.17, 15) is 9.59 Å². The van der Waals surface area contributed by atoms with Gasteiger partial charge in [0.15, 0.2) is 0 Å². The van der Waals surface area contributed by atoms with Crippen molar-refractivity contribution in [2.45, 2.75) is 13.3 Å². The maximum Gasteiger partial charge on any atom is 0.303 e. The number of fused-ring (bicyclic) bond motifs is 1. The summed E-state index contributed by atoms with van der Waals surface area (Å²) in [7, 11) is 1.59. The quantitative estimate of drug-likeness (QED) is 0.759. The Bertz CT molecular complexity index is 663. The number of carbonyl (C=O) groups is 2. The zero-order valence-corrected chi connectivity index (χ0v) is 12.0. The van der Waals surface area contributed by atoms with Crippen molar-refractivity contribution in [3.05, 3.63) is 30.0 Å². The van der Waals surface area contributed by atoms with Crippen LogP contribution < -0.4 is 10.1 Å². The number of carboxylic acid groups (broad SMARTS) is 1. The molecule has 1 atom stereocenters. The van der Waals surface area contributed by atoms with Crippen molar-refractivity contribution in [1.82, 2.24) is 10.3 Å². The molecule has 0 fully saturated rings. The maximum absolute atomic E-state index is 12.0. The molecule has 2 aromatic rings. The standard InChI is InChI=1S/C15H18N2O4/c1-9(5-14(18)19)8-16-15(20)13-7-10-6-11(21-2)3-4-12(10)17-13/h3-4,6-7,9,17H,5,8H2,1-2H3,(H,16,20)(H,18,19). The lowest BCUT2D eigenvalue weighted by molar-refractivity contribution is -0.137. The van der Waals surface area contributed by atoms with Crippen LogP contribution in [-0.2, 0) is 4.79 Å². The zero-order valence-electron chi connectivity index (χ0n) is 12.0. The van der Waals surface area contributed by atoms with Gasteiger partial charge in [0, 0.05) is 23.9 Å². The summed E-state index contributed by atoms with van der Waals surface area (Å²) in [6.45, 7) is 2.11. The number of ether oxygens (including phenoxy) is 1. The third kappa shape index (κ3) is 3.75. The molecule has 1 unspecified atom stereocenters. The summed E-state index contributed by atoms with van der Waals surface area (Å²) < 4.78 is 5.14. The Morgan fingerprint density at radius 3 is 2.81 bits per heavy atom.